The number of benzene rings is 3. The van der Waals surface area contributed by atoms with Crippen LogP contribution in [0.15, 0.2) is 92.9 Å². The van der Waals surface area contributed by atoms with Gasteiger partial charge in [-0.1, -0.05) is 30.3 Å². The van der Waals surface area contributed by atoms with Crippen molar-refractivity contribution in [1.82, 2.24) is 9.99 Å². The minimum absolute atomic E-state index is 0.204. The lowest BCUT2D eigenvalue weighted by atomic mass is 10.1. The highest BCUT2D eigenvalue weighted by Gasteiger charge is 2.13. The molecule has 7 nitrogen and oxygen atoms in total. The van der Waals surface area contributed by atoms with Crippen LogP contribution >= 0.6 is 31.9 Å². The fraction of sp³-hybridized carbons (Fsp3) is 0.138. The van der Waals surface area contributed by atoms with Crippen molar-refractivity contribution < 1.29 is 19.1 Å². The molecule has 1 N–H and O–H groups in total. The third-order valence-electron chi connectivity index (χ3n) is 5.57. The van der Waals surface area contributed by atoms with Crippen molar-refractivity contribution >= 4 is 50.0 Å². The average Bonchev–Trinajstić information content (AvgIpc) is 3.30. The molecule has 9 heteroatoms. The summed E-state index contributed by atoms with van der Waals surface area (Å²) in [6, 6.07) is 25.3. The lowest BCUT2D eigenvalue weighted by Gasteiger charge is -2.13. The molecule has 38 heavy (non-hydrogen) atoms. The maximum atomic E-state index is 12.7. The van der Waals surface area contributed by atoms with Crippen molar-refractivity contribution in [3.8, 4) is 22.7 Å². The normalized spacial score (nSPS) is 10.9. The SMILES string of the molecule is CCOC(=O)COc1c(Br)cc(/C=N/NC(=O)c2ccc(-n3c(C)ccc3-c3ccccc3)cc2)cc1Br. The number of halogens is 2. The summed E-state index contributed by atoms with van der Waals surface area (Å²) in [5.74, 6) is -0.312. The monoisotopic (exact) mass is 637 g/mol. The number of aromatic nitrogens is 1. The first-order valence-corrected chi connectivity index (χ1v) is 13.4. The summed E-state index contributed by atoms with van der Waals surface area (Å²) in [7, 11) is 0. The Kier molecular flexibility index (Phi) is 9.15. The number of amides is 1. The molecule has 0 saturated carbocycles. The summed E-state index contributed by atoms with van der Waals surface area (Å²) < 4.78 is 13.8. The molecule has 0 saturated heterocycles. The van der Waals surface area contributed by atoms with Gasteiger partial charge in [-0.05, 0) is 105 Å². The van der Waals surface area contributed by atoms with Crippen LogP contribution in [-0.2, 0) is 9.53 Å². The number of hydrogen-bond acceptors (Lipinski definition) is 5. The zero-order valence-electron chi connectivity index (χ0n) is 20.8. The van der Waals surface area contributed by atoms with E-state index in [1.807, 2.05) is 30.3 Å². The lowest BCUT2D eigenvalue weighted by molar-refractivity contribution is -0.145. The van der Waals surface area contributed by atoms with Crippen molar-refractivity contribution in [2.75, 3.05) is 13.2 Å². The second-order valence-electron chi connectivity index (χ2n) is 8.21. The highest BCUT2D eigenvalue weighted by atomic mass is 79.9. The molecule has 0 spiro atoms. The molecule has 0 radical (unpaired) electrons. The van der Waals surface area contributed by atoms with Crippen LogP contribution in [0.4, 0.5) is 0 Å². The Morgan fingerprint density at radius 3 is 2.32 bits per heavy atom. The second kappa shape index (κ2) is 12.7. The number of nitrogens with zero attached hydrogens (tertiary/aromatic N) is 2. The van der Waals surface area contributed by atoms with E-state index in [-0.39, 0.29) is 19.1 Å². The van der Waals surface area contributed by atoms with Crippen LogP contribution in [0.2, 0.25) is 0 Å². The summed E-state index contributed by atoms with van der Waals surface area (Å²) in [5.41, 5.74) is 8.02. The number of hydrazone groups is 1. The number of carbonyl (C=O) groups is 2. The molecule has 4 rings (SSSR count). The van der Waals surface area contributed by atoms with Gasteiger partial charge in [0.15, 0.2) is 6.61 Å². The Morgan fingerprint density at radius 2 is 1.66 bits per heavy atom. The molecule has 0 aliphatic rings. The van der Waals surface area contributed by atoms with Crippen LogP contribution in [0.25, 0.3) is 16.9 Å². The number of esters is 1. The zero-order chi connectivity index (χ0) is 27.1. The standard InChI is InChI=1S/C29H25Br2N3O4/c1-3-37-27(35)18-38-28-24(30)15-20(16-25(28)31)17-32-33-29(36)22-10-12-23(13-11-22)34-19(2)9-14-26(34)21-7-5-4-6-8-21/h4-17H,3,18H2,1-2H3,(H,33,36)/b32-17+. The predicted molar refractivity (Wildman–Crippen MR) is 155 cm³/mol. The van der Waals surface area contributed by atoms with E-state index < -0.39 is 5.97 Å². The summed E-state index contributed by atoms with van der Waals surface area (Å²) >= 11 is 6.87. The van der Waals surface area contributed by atoms with E-state index in [2.05, 4.69) is 78.1 Å². The quantitative estimate of drug-likeness (QED) is 0.126. The molecule has 1 heterocycles. The molecule has 0 aliphatic carbocycles. The molecule has 4 aromatic rings. The molecule has 1 amide bonds. The van der Waals surface area contributed by atoms with Gasteiger partial charge in [-0.25, -0.2) is 10.2 Å². The van der Waals surface area contributed by atoms with Crippen LogP contribution in [-0.4, -0.2) is 35.9 Å². The first-order valence-electron chi connectivity index (χ1n) is 11.8. The third kappa shape index (κ3) is 6.59. The summed E-state index contributed by atoms with van der Waals surface area (Å²) in [4.78, 5) is 24.2. The molecule has 0 aliphatic heterocycles. The first kappa shape index (κ1) is 27.3. The van der Waals surface area contributed by atoms with Crippen molar-refractivity contribution in [1.29, 1.82) is 0 Å². The number of rotatable bonds is 9. The van der Waals surface area contributed by atoms with Crippen molar-refractivity contribution in [3.05, 3.63) is 105 Å². The van der Waals surface area contributed by atoms with Gasteiger partial charge < -0.3 is 14.0 Å². The fourth-order valence-electron chi connectivity index (χ4n) is 3.83. The smallest absolute Gasteiger partial charge is 0.344 e. The summed E-state index contributed by atoms with van der Waals surface area (Å²) in [6.07, 6.45) is 1.52. The van der Waals surface area contributed by atoms with Crippen molar-refractivity contribution in [2.24, 2.45) is 5.10 Å². The Hall–Kier alpha value is -3.69. The van der Waals surface area contributed by atoms with Crippen LogP contribution in [0, 0.1) is 6.92 Å². The minimum atomic E-state index is -0.451. The average molecular weight is 639 g/mol. The van der Waals surface area contributed by atoms with Gasteiger partial charge in [-0.15, -0.1) is 0 Å². The van der Waals surface area contributed by atoms with E-state index in [1.165, 1.54) is 6.21 Å². The van der Waals surface area contributed by atoms with Crippen LogP contribution in [0.5, 0.6) is 5.75 Å². The molecule has 0 fully saturated rings. The Labute approximate surface area is 237 Å². The van der Waals surface area contributed by atoms with Gasteiger partial charge in [0, 0.05) is 16.9 Å². The molecule has 1 aromatic heterocycles. The lowest BCUT2D eigenvalue weighted by Crippen LogP contribution is -2.17. The van der Waals surface area contributed by atoms with E-state index in [0.717, 1.165) is 22.6 Å². The van der Waals surface area contributed by atoms with Crippen molar-refractivity contribution in [3.63, 3.8) is 0 Å². The molecule has 0 atom stereocenters. The topological polar surface area (TPSA) is 81.9 Å². The highest BCUT2D eigenvalue weighted by Crippen LogP contribution is 2.34. The molecule has 0 unspecified atom stereocenters. The van der Waals surface area contributed by atoms with Gasteiger partial charge in [0.05, 0.1) is 27.5 Å². The fourth-order valence-corrected chi connectivity index (χ4v) is 5.28. The van der Waals surface area contributed by atoms with Gasteiger partial charge in [-0.3, -0.25) is 4.79 Å². The van der Waals surface area contributed by atoms with Crippen molar-refractivity contribution in [2.45, 2.75) is 13.8 Å². The Morgan fingerprint density at radius 1 is 0.974 bits per heavy atom. The molecular weight excluding hydrogens is 614 g/mol. The van der Waals surface area contributed by atoms with E-state index in [0.29, 0.717) is 25.8 Å². The van der Waals surface area contributed by atoms with E-state index in [9.17, 15) is 9.59 Å². The Bertz CT molecular complexity index is 1440. The van der Waals surface area contributed by atoms with E-state index in [4.69, 9.17) is 9.47 Å². The van der Waals surface area contributed by atoms with Crippen LogP contribution in [0.3, 0.4) is 0 Å². The first-order chi connectivity index (χ1) is 18.4. The maximum Gasteiger partial charge on any atom is 0.344 e. The molecule has 3 aromatic carbocycles. The van der Waals surface area contributed by atoms with E-state index in [1.54, 1.807) is 31.2 Å². The van der Waals surface area contributed by atoms with Crippen LogP contribution in [0.1, 0.15) is 28.5 Å². The van der Waals surface area contributed by atoms with E-state index >= 15 is 0 Å². The number of carbonyl (C=O) groups excluding carboxylic acids is 2. The summed E-state index contributed by atoms with van der Waals surface area (Å²) in [6.45, 7) is 3.87. The second-order valence-corrected chi connectivity index (χ2v) is 9.92. The molecule has 0 bridgehead atoms. The molecule has 194 valence electrons. The minimum Gasteiger partial charge on any atom is -0.480 e. The predicted octanol–water partition coefficient (Wildman–Crippen LogP) is 6.68. The van der Waals surface area contributed by atoms with Gasteiger partial charge in [0.1, 0.15) is 5.75 Å². The zero-order valence-corrected chi connectivity index (χ0v) is 24.0. The maximum absolute atomic E-state index is 12.7. The van der Waals surface area contributed by atoms with Gasteiger partial charge in [-0.2, -0.15) is 5.10 Å². The third-order valence-corrected chi connectivity index (χ3v) is 6.75. The largest absolute Gasteiger partial charge is 0.480 e. The van der Waals surface area contributed by atoms with Gasteiger partial charge in [0.2, 0.25) is 0 Å². The molecular formula is C29H25Br2N3O4. The van der Waals surface area contributed by atoms with Crippen LogP contribution < -0.4 is 10.2 Å². The number of ether oxygens (including phenoxy) is 2. The number of aryl methyl sites for hydroxylation is 1. The number of hydrogen-bond donors (Lipinski definition) is 1. The summed E-state index contributed by atoms with van der Waals surface area (Å²) in [5, 5.41) is 4.08. The number of nitrogens with one attached hydrogen (secondary N) is 1. The Balaban J connectivity index is 1.41. The van der Waals surface area contributed by atoms with Gasteiger partial charge in [0.25, 0.3) is 5.91 Å². The highest BCUT2D eigenvalue weighted by molar-refractivity contribution is 9.11. The van der Waals surface area contributed by atoms with Gasteiger partial charge >= 0.3 is 5.97 Å².